The van der Waals surface area contributed by atoms with Gasteiger partial charge in [0.2, 0.25) is 0 Å². The minimum Gasteiger partial charge on any atom is -0.493 e. The molecule has 0 saturated heterocycles. The first kappa shape index (κ1) is 15.1. The highest BCUT2D eigenvalue weighted by Gasteiger charge is 2.21. The maximum Gasteiger partial charge on any atom is 0.165 e. The van der Waals surface area contributed by atoms with E-state index in [9.17, 15) is 0 Å². The first-order chi connectivity index (χ1) is 9.85. The van der Waals surface area contributed by atoms with Gasteiger partial charge in [0.25, 0.3) is 0 Å². The number of methoxy groups -OCH3 is 1. The maximum atomic E-state index is 5.87. The van der Waals surface area contributed by atoms with E-state index in [2.05, 4.69) is 18.3 Å². The molecule has 4 nitrogen and oxygen atoms in total. The van der Waals surface area contributed by atoms with Crippen LogP contribution in [-0.4, -0.2) is 33.0 Å². The summed E-state index contributed by atoms with van der Waals surface area (Å²) in [6.07, 6.45) is 3.60. The van der Waals surface area contributed by atoms with Gasteiger partial charge >= 0.3 is 0 Å². The fraction of sp³-hybridized carbons (Fsp3) is 0.625. The molecule has 1 fully saturated rings. The van der Waals surface area contributed by atoms with Gasteiger partial charge in [-0.15, -0.1) is 0 Å². The van der Waals surface area contributed by atoms with Crippen molar-refractivity contribution in [3.8, 4) is 11.5 Å². The number of nitrogens with one attached hydrogen (secondary N) is 1. The van der Waals surface area contributed by atoms with E-state index in [1.165, 1.54) is 12.8 Å². The van der Waals surface area contributed by atoms with Crippen molar-refractivity contribution in [2.45, 2.75) is 38.8 Å². The maximum absolute atomic E-state index is 5.87. The first-order valence-corrected chi connectivity index (χ1v) is 7.45. The van der Waals surface area contributed by atoms with Gasteiger partial charge in [0, 0.05) is 24.8 Å². The van der Waals surface area contributed by atoms with E-state index in [0.717, 1.165) is 36.6 Å². The lowest BCUT2D eigenvalue weighted by molar-refractivity contribution is 0.0991. The molecule has 0 atom stereocenters. The smallest absolute Gasteiger partial charge is 0.165 e. The monoisotopic (exact) mass is 279 g/mol. The normalized spacial score (nSPS) is 14.3. The molecule has 20 heavy (non-hydrogen) atoms. The van der Waals surface area contributed by atoms with Crippen LogP contribution in [0.3, 0.4) is 0 Å². The minimum atomic E-state index is 0.552. The van der Waals surface area contributed by atoms with Crippen LogP contribution in [0.1, 0.15) is 31.7 Å². The Morgan fingerprint density at radius 3 is 2.75 bits per heavy atom. The summed E-state index contributed by atoms with van der Waals surface area (Å²) in [7, 11) is 1.67. The van der Waals surface area contributed by atoms with Gasteiger partial charge in [0.1, 0.15) is 6.61 Å². The van der Waals surface area contributed by atoms with Crippen LogP contribution in [0, 0.1) is 0 Å². The lowest BCUT2D eigenvalue weighted by Gasteiger charge is -2.15. The van der Waals surface area contributed by atoms with Crippen LogP contribution in [0.15, 0.2) is 18.2 Å². The molecule has 1 saturated carbocycles. The van der Waals surface area contributed by atoms with Gasteiger partial charge in [0.15, 0.2) is 11.5 Å². The molecule has 1 aliphatic carbocycles. The lowest BCUT2D eigenvalue weighted by Crippen LogP contribution is -2.17. The summed E-state index contributed by atoms with van der Waals surface area (Å²) >= 11 is 0. The zero-order valence-electron chi connectivity index (χ0n) is 12.5. The molecular weight excluding hydrogens is 254 g/mol. The minimum absolute atomic E-state index is 0.552. The van der Waals surface area contributed by atoms with Crippen LogP contribution >= 0.6 is 0 Å². The molecule has 0 spiro atoms. The van der Waals surface area contributed by atoms with Gasteiger partial charge in [-0.1, -0.05) is 19.1 Å². The number of hydrogen-bond donors (Lipinski definition) is 1. The molecular formula is C16H25NO3. The van der Waals surface area contributed by atoms with Gasteiger partial charge in [0.05, 0.1) is 13.7 Å². The predicted molar refractivity (Wildman–Crippen MR) is 79.5 cm³/mol. The Balaban J connectivity index is 1.91. The van der Waals surface area contributed by atoms with Crippen molar-refractivity contribution in [2.24, 2.45) is 0 Å². The zero-order valence-corrected chi connectivity index (χ0v) is 12.5. The van der Waals surface area contributed by atoms with E-state index < -0.39 is 0 Å². The second-order valence-corrected chi connectivity index (χ2v) is 5.06. The molecule has 0 amide bonds. The molecule has 1 aromatic rings. The summed E-state index contributed by atoms with van der Waals surface area (Å²) in [5.41, 5.74) is 1.15. The fourth-order valence-corrected chi connectivity index (χ4v) is 2.02. The molecule has 0 bridgehead atoms. The van der Waals surface area contributed by atoms with Gasteiger partial charge < -0.3 is 19.5 Å². The Morgan fingerprint density at radius 2 is 2.05 bits per heavy atom. The van der Waals surface area contributed by atoms with Crippen molar-refractivity contribution >= 4 is 0 Å². The number of benzene rings is 1. The van der Waals surface area contributed by atoms with E-state index in [0.29, 0.717) is 19.3 Å². The van der Waals surface area contributed by atoms with Crippen LogP contribution in [0.2, 0.25) is 0 Å². The van der Waals surface area contributed by atoms with Crippen molar-refractivity contribution in [1.29, 1.82) is 0 Å². The number of rotatable bonds is 10. The Kier molecular flexibility index (Phi) is 6.15. The summed E-state index contributed by atoms with van der Waals surface area (Å²) in [6, 6.07) is 6.70. The first-order valence-electron chi connectivity index (χ1n) is 7.45. The number of para-hydroxylation sites is 1. The second kappa shape index (κ2) is 8.12. The largest absolute Gasteiger partial charge is 0.493 e. The van der Waals surface area contributed by atoms with E-state index in [-0.39, 0.29) is 0 Å². The summed E-state index contributed by atoms with van der Waals surface area (Å²) in [5, 5.41) is 3.51. The zero-order chi connectivity index (χ0) is 14.2. The van der Waals surface area contributed by atoms with E-state index in [1.807, 2.05) is 12.1 Å². The molecule has 2 rings (SSSR count). The van der Waals surface area contributed by atoms with E-state index in [1.54, 1.807) is 7.11 Å². The predicted octanol–water partition coefficient (Wildman–Crippen LogP) is 2.75. The molecule has 1 N–H and O–H groups in total. The molecule has 0 aromatic heterocycles. The van der Waals surface area contributed by atoms with Crippen LogP contribution in [0.5, 0.6) is 11.5 Å². The average molecular weight is 279 g/mol. The van der Waals surface area contributed by atoms with E-state index >= 15 is 0 Å². The molecule has 4 heteroatoms. The van der Waals surface area contributed by atoms with E-state index in [4.69, 9.17) is 14.2 Å². The van der Waals surface area contributed by atoms with Crippen molar-refractivity contribution in [1.82, 2.24) is 5.32 Å². The quantitative estimate of drug-likeness (QED) is 0.669. The Hall–Kier alpha value is -1.26. The van der Waals surface area contributed by atoms with Gasteiger partial charge in [-0.3, -0.25) is 0 Å². The van der Waals surface area contributed by atoms with Crippen molar-refractivity contribution in [3.05, 3.63) is 23.8 Å². The molecule has 0 heterocycles. The topological polar surface area (TPSA) is 39.7 Å². The Bertz CT molecular complexity index is 405. The van der Waals surface area contributed by atoms with Crippen molar-refractivity contribution in [3.63, 3.8) is 0 Å². The van der Waals surface area contributed by atoms with Gasteiger partial charge in [-0.25, -0.2) is 0 Å². The standard InChI is InChI=1S/C16H25NO3/c1-3-9-19-10-11-20-16-13(12-17-14-7-8-14)5-4-6-15(16)18-2/h4-6,14,17H,3,7-12H2,1-2H3. The van der Waals surface area contributed by atoms with Gasteiger partial charge in [-0.2, -0.15) is 0 Å². The third kappa shape index (κ3) is 4.69. The van der Waals surface area contributed by atoms with Crippen LogP contribution in [0.4, 0.5) is 0 Å². The Labute approximate surface area is 121 Å². The molecule has 1 aromatic carbocycles. The highest BCUT2D eigenvalue weighted by atomic mass is 16.5. The van der Waals surface area contributed by atoms with Crippen LogP contribution < -0.4 is 14.8 Å². The third-order valence-corrected chi connectivity index (χ3v) is 3.26. The molecule has 0 radical (unpaired) electrons. The highest BCUT2D eigenvalue weighted by Crippen LogP contribution is 2.31. The Morgan fingerprint density at radius 1 is 1.20 bits per heavy atom. The van der Waals surface area contributed by atoms with Crippen molar-refractivity contribution < 1.29 is 14.2 Å². The summed E-state index contributed by atoms with van der Waals surface area (Å²) in [6.45, 7) is 4.87. The van der Waals surface area contributed by atoms with Crippen LogP contribution in [-0.2, 0) is 11.3 Å². The second-order valence-electron chi connectivity index (χ2n) is 5.06. The molecule has 112 valence electrons. The lowest BCUT2D eigenvalue weighted by atomic mass is 10.2. The molecule has 0 unspecified atom stereocenters. The summed E-state index contributed by atoms with van der Waals surface area (Å²) in [5.74, 6) is 1.62. The summed E-state index contributed by atoms with van der Waals surface area (Å²) in [4.78, 5) is 0. The summed E-state index contributed by atoms with van der Waals surface area (Å²) < 4.78 is 16.7. The SMILES string of the molecule is CCCOCCOc1c(CNC2CC2)cccc1OC. The third-order valence-electron chi connectivity index (χ3n) is 3.26. The number of ether oxygens (including phenoxy) is 3. The average Bonchev–Trinajstić information content (AvgIpc) is 3.29. The fourth-order valence-electron chi connectivity index (χ4n) is 2.02. The molecule has 1 aliphatic rings. The van der Waals surface area contributed by atoms with Gasteiger partial charge in [-0.05, 0) is 25.3 Å². The molecule has 0 aliphatic heterocycles. The number of hydrogen-bond acceptors (Lipinski definition) is 4. The van der Waals surface area contributed by atoms with Crippen LogP contribution in [0.25, 0.3) is 0 Å². The van der Waals surface area contributed by atoms with Crippen molar-refractivity contribution in [2.75, 3.05) is 26.9 Å². The highest BCUT2D eigenvalue weighted by molar-refractivity contribution is 5.46.